The summed E-state index contributed by atoms with van der Waals surface area (Å²) in [4.78, 5) is 1.18. The molecule has 2 N–H and O–H groups in total. The van der Waals surface area contributed by atoms with Crippen LogP contribution in [-0.4, -0.2) is 9.78 Å². The van der Waals surface area contributed by atoms with Gasteiger partial charge in [0.1, 0.15) is 11.5 Å². The van der Waals surface area contributed by atoms with E-state index in [-0.39, 0.29) is 0 Å². The van der Waals surface area contributed by atoms with Gasteiger partial charge in [-0.3, -0.25) is 4.68 Å². The Balaban J connectivity index is 2.53. The van der Waals surface area contributed by atoms with Gasteiger partial charge in [0.05, 0.1) is 8.66 Å². The molecule has 0 fully saturated rings. The molecule has 0 bridgehead atoms. The van der Waals surface area contributed by atoms with Crippen molar-refractivity contribution in [3.8, 4) is 10.6 Å². The molecule has 0 aliphatic carbocycles. The third kappa shape index (κ3) is 2.47. The van der Waals surface area contributed by atoms with Crippen molar-refractivity contribution in [2.24, 2.45) is 13.0 Å². The van der Waals surface area contributed by atoms with Gasteiger partial charge in [0.2, 0.25) is 0 Å². The number of nitrogens with zero attached hydrogens (tertiary/aromatic N) is 2. The minimum Gasteiger partial charge on any atom is -0.384 e. The van der Waals surface area contributed by atoms with Crippen molar-refractivity contribution in [3.63, 3.8) is 0 Å². The minimum atomic E-state index is 0.569. The smallest absolute Gasteiger partial charge is 0.125 e. The summed E-state index contributed by atoms with van der Waals surface area (Å²) in [5, 5.41) is 4.57. The number of nitrogens with two attached hydrogens (primary N) is 1. The monoisotopic (exact) mass is 327 g/mol. The molecule has 0 aliphatic rings. The van der Waals surface area contributed by atoms with Crippen LogP contribution in [-0.2, 0) is 13.5 Å². The molecule has 18 heavy (non-hydrogen) atoms. The van der Waals surface area contributed by atoms with Gasteiger partial charge in [-0.1, -0.05) is 13.8 Å². The normalized spacial score (nSPS) is 11.4. The first-order valence-corrected chi connectivity index (χ1v) is 7.58. The fourth-order valence-corrected chi connectivity index (χ4v) is 3.51. The Labute approximate surface area is 120 Å². The fraction of sp³-hybridized carbons (Fsp3) is 0.462. The van der Waals surface area contributed by atoms with E-state index in [9.17, 15) is 0 Å². The van der Waals surface area contributed by atoms with Crippen molar-refractivity contribution in [2.75, 3.05) is 5.73 Å². The number of halogens is 1. The minimum absolute atomic E-state index is 0.569. The van der Waals surface area contributed by atoms with Crippen LogP contribution in [0, 0.1) is 12.8 Å². The largest absolute Gasteiger partial charge is 0.384 e. The molecule has 0 saturated carbocycles. The molecule has 0 amide bonds. The first-order chi connectivity index (χ1) is 8.40. The lowest BCUT2D eigenvalue weighted by Gasteiger charge is -2.05. The number of anilines is 1. The number of aromatic nitrogens is 2. The molecule has 0 unspecified atom stereocenters. The summed E-state index contributed by atoms with van der Waals surface area (Å²) in [6.07, 6.45) is 0.962. The summed E-state index contributed by atoms with van der Waals surface area (Å²) in [5.74, 6) is 1.35. The molecule has 0 saturated heterocycles. The Hall–Kier alpha value is -0.810. The Kier molecular flexibility index (Phi) is 3.82. The van der Waals surface area contributed by atoms with E-state index in [1.807, 2.05) is 7.05 Å². The van der Waals surface area contributed by atoms with Crippen molar-refractivity contribution in [1.29, 1.82) is 0 Å². The molecule has 0 aliphatic heterocycles. The molecule has 2 aromatic rings. The van der Waals surface area contributed by atoms with Crippen molar-refractivity contribution < 1.29 is 0 Å². The van der Waals surface area contributed by atoms with E-state index in [4.69, 9.17) is 5.73 Å². The number of aryl methyl sites for hydroxylation is 2. The molecule has 0 aromatic carbocycles. The SMILES string of the molecule is Cc1cc(-c2nn(C)c(N)c2CC(C)C)sc1Br. The van der Waals surface area contributed by atoms with Gasteiger partial charge in [-0.2, -0.15) is 5.10 Å². The molecular formula is C13H18BrN3S. The second-order valence-corrected chi connectivity index (χ2v) is 7.37. The van der Waals surface area contributed by atoms with Gasteiger partial charge in [-0.25, -0.2) is 0 Å². The van der Waals surface area contributed by atoms with E-state index in [2.05, 4.69) is 47.9 Å². The standard InChI is InChI=1S/C13H18BrN3S/c1-7(2)5-9-11(16-17(4)13(9)15)10-6-8(3)12(14)18-10/h6-7H,5,15H2,1-4H3. The highest BCUT2D eigenvalue weighted by Gasteiger charge is 2.18. The number of rotatable bonds is 3. The van der Waals surface area contributed by atoms with Crippen molar-refractivity contribution >= 4 is 33.1 Å². The Morgan fingerprint density at radius 1 is 1.50 bits per heavy atom. The molecule has 0 atom stereocenters. The third-order valence-electron chi connectivity index (χ3n) is 2.90. The van der Waals surface area contributed by atoms with Crippen LogP contribution in [0.3, 0.4) is 0 Å². The van der Waals surface area contributed by atoms with Crippen LogP contribution in [0.15, 0.2) is 9.85 Å². The topological polar surface area (TPSA) is 43.8 Å². The van der Waals surface area contributed by atoms with Crippen LogP contribution >= 0.6 is 27.3 Å². The predicted octanol–water partition coefficient (Wildman–Crippen LogP) is 4.00. The van der Waals surface area contributed by atoms with Gasteiger partial charge in [-0.15, -0.1) is 11.3 Å². The lowest BCUT2D eigenvalue weighted by molar-refractivity contribution is 0.649. The molecule has 0 radical (unpaired) electrons. The average Bonchev–Trinajstić information content (AvgIpc) is 2.74. The predicted molar refractivity (Wildman–Crippen MR) is 81.9 cm³/mol. The van der Waals surface area contributed by atoms with Gasteiger partial charge >= 0.3 is 0 Å². The van der Waals surface area contributed by atoms with Crippen LogP contribution < -0.4 is 5.73 Å². The molecule has 5 heteroatoms. The van der Waals surface area contributed by atoms with Crippen LogP contribution in [0.5, 0.6) is 0 Å². The summed E-state index contributed by atoms with van der Waals surface area (Å²) in [7, 11) is 1.90. The summed E-state index contributed by atoms with van der Waals surface area (Å²) in [6, 6.07) is 2.17. The van der Waals surface area contributed by atoms with E-state index in [1.54, 1.807) is 16.0 Å². The van der Waals surface area contributed by atoms with Gasteiger partial charge in [-0.05, 0) is 46.8 Å². The molecule has 0 spiro atoms. The molecule has 2 rings (SSSR count). The molecule has 2 aromatic heterocycles. The number of nitrogen functional groups attached to an aromatic ring is 1. The van der Waals surface area contributed by atoms with Crippen LogP contribution in [0.4, 0.5) is 5.82 Å². The number of thiophene rings is 1. The maximum Gasteiger partial charge on any atom is 0.125 e. The highest BCUT2D eigenvalue weighted by atomic mass is 79.9. The van der Waals surface area contributed by atoms with Crippen LogP contribution in [0.2, 0.25) is 0 Å². The molecule has 98 valence electrons. The molecule has 3 nitrogen and oxygen atoms in total. The van der Waals surface area contributed by atoms with E-state index in [0.717, 1.165) is 21.7 Å². The lowest BCUT2D eigenvalue weighted by Crippen LogP contribution is -2.01. The van der Waals surface area contributed by atoms with Crippen LogP contribution in [0.1, 0.15) is 25.0 Å². The third-order valence-corrected chi connectivity index (χ3v) is 5.04. The fourth-order valence-electron chi connectivity index (χ4n) is 1.96. The first-order valence-electron chi connectivity index (χ1n) is 5.97. The van der Waals surface area contributed by atoms with E-state index < -0.39 is 0 Å². The zero-order valence-corrected chi connectivity index (χ0v) is 13.5. The van der Waals surface area contributed by atoms with E-state index in [0.29, 0.717) is 5.92 Å². The van der Waals surface area contributed by atoms with Gasteiger partial charge < -0.3 is 5.73 Å². The maximum atomic E-state index is 6.13. The zero-order chi connectivity index (χ0) is 13.4. The van der Waals surface area contributed by atoms with Gasteiger partial charge in [0.15, 0.2) is 0 Å². The Bertz CT molecular complexity index is 550. The van der Waals surface area contributed by atoms with E-state index in [1.165, 1.54) is 16.0 Å². The quantitative estimate of drug-likeness (QED) is 0.925. The van der Waals surface area contributed by atoms with Crippen molar-refractivity contribution in [2.45, 2.75) is 27.2 Å². The maximum absolute atomic E-state index is 6.13. The van der Waals surface area contributed by atoms with Gasteiger partial charge in [0, 0.05) is 12.6 Å². The highest BCUT2D eigenvalue weighted by Crippen LogP contribution is 2.37. The second-order valence-electron chi connectivity index (χ2n) is 5.00. The summed E-state index contributed by atoms with van der Waals surface area (Å²) in [5.41, 5.74) is 9.57. The Morgan fingerprint density at radius 3 is 2.67 bits per heavy atom. The van der Waals surface area contributed by atoms with E-state index >= 15 is 0 Å². The lowest BCUT2D eigenvalue weighted by atomic mass is 10.0. The average molecular weight is 328 g/mol. The van der Waals surface area contributed by atoms with Gasteiger partial charge in [0.25, 0.3) is 0 Å². The second kappa shape index (κ2) is 5.05. The number of hydrogen-bond acceptors (Lipinski definition) is 3. The highest BCUT2D eigenvalue weighted by molar-refractivity contribution is 9.11. The Morgan fingerprint density at radius 2 is 2.17 bits per heavy atom. The van der Waals surface area contributed by atoms with Crippen LogP contribution in [0.25, 0.3) is 10.6 Å². The number of hydrogen-bond donors (Lipinski definition) is 1. The van der Waals surface area contributed by atoms with Crippen molar-refractivity contribution in [1.82, 2.24) is 9.78 Å². The molecule has 2 heterocycles. The first kappa shape index (κ1) is 13.6. The zero-order valence-electron chi connectivity index (χ0n) is 11.1. The summed E-state index contributed by atoms with van der Waals surface area (Å²) < 4.78 is 2.94. The summed E-state index contributed by atoms with van der Waals surface area (Å²) in [6.45, 7) is 6.50. The van der Waals surface area contributed by atoms with Crippen molar-refractivity contribution in [3.05, 3.63) is 21.0 Å². The molecular weight excluding hydrogens is 310 g/mol. The summed E-state index contributed by atoms with van der Waals surface area (Å²) >= 11 is 5.28.